The fourth-order valence-corrected chi connectivity index (χ4v) is 0.362. The van der Waals surface area contributed by atoms with E-state index in [1.165, 1.54) is 12.8 Å². The minimum Gasteiger partial charge on any atom is -0.396 e. The normalized spacial score (nSPS) is 7.64. The van der Waals surface area contributed by atoms with Crippen molar-refractivity contribution in [1.82, 2.24) is 0 Å². The van der Waals surface area contributed by atoms with E-state index < -0.39 is 0 Å². The smallest absolute Gasteiger partial charge is 0.396 e. The SMILES string of the molecule is CCCCCO.[CH2-]CCC.[Li+]. The quantitative estimate of drug-likeness (QED) is 0.336. The summed E-state index contributed by atoms with van der Waals surface area (Å²) in [7, 11) is 0. The van der Waals surface area contributed by atoms with Crippen LogP contribution in [0, 0.1) is 6.92 Å². The van der Waals surface area contributed by atoms with Gasteiger partial charge in [-0.3, -0.25) is 0 Å². The third kappa shape index (κ3) is 37.2. The molecule has 0 saturated carbocycles. The molecule has 1 N–H and O–H groups in total. The molecule has 64 valence electrons. The van der Waals surface area contributed by atoms with E-state index in [0.717, 1.165) is 19.3 Å². The van der Waals surface area contributed by atoms with E-state index in [0.29, 0.717) is 6.61 Å². The molecule has 0 aromatic heterocycles. The molecule has 0 spiro atoms. The van der Waals surface area contributed by atoms with E-state index in [1.807, 2.05) is 0 Å². The Balaban J connectivity index is -0.000000114. The summed E-state index contributed by atoms with van der Waals surface area (Å²) in [5.74, 6) is 0. The van der Waals surface area contributed by atoms with Crippen LogP contribution >= 0.6 is 0 Å². The van der Waals surface area contributed by atoms with Gasteiger partial charge in [0.2, 0.25) is 0 Å². The first kappa shape index (κ1) is 17.6. The number of hydrogen-bond donors (Lipinski definition) is 1. The van der Waals surface area contributed by atoms with E-state index >= 15 is 0 Å². The van der Waals surface area contributed by atoms with Crippen LogP contribution in [0.5, 0.6) is 0 Å². The van der Waals surface area contributed by atoms with E-state index in [9.17, 15) is 0 Å². The standard InChI is InChI=1S/C5H12O.C4H9.Li/c1-2-3-4-5-6;1-3-4-2;/h6H,2-5H2,1H3;1,3-4H2,2H3;/q;-1;+1. The number of aliphatic hydroxyl groups is 1. The summed E-state index contributed by atoms with van der Waals surface area (Å²) in [5.41, 5.74) is 0. The Morgan fingerprint density at radius 1 is 1.09 bits per heavy atom. The molecule has 0 bridgehead atoms. The Kier molecular flexibility index (Phi) is 35.9. The molecule has 0 heterocycles. The van der Waals surface area contributed by atoms with Crippen molar-refractivity contribution in [2.45, 2.75) is 46.0 Å². The van der Waals surface area contributed by atoms with Gasteiger partial charge in [0, 0.05) is 6.61 Å². The topological polar surface area (TPSA) is 20.2 Å². The van der Waals surface area contributed by atoms with E-state index in [4.69, 9.17) is 5.11 Å². The van der Waals surface area contributed by atoms with Crippen LogP contribution in [0.4, 0.5) is 0 Å². The molecule has 0 aliphatic carbocycles. The zero-order chi connectivity index (χ0) is 8.24. The van der Waals surface area contributed by atoms with Crippen LogP contribution in [-0.2, 0) is 0 Å². The van der Waals surface area contributed by atoms with Crippen molar-refractivity contribution in [2.24, 2.45) is 0 Å². The molecule has 2 heteroatoms. The van der Waals surface area contributed by atoms with Crippen molar-refractivity contribution in [3.63, 3.8) is 0 Å². The van der Waals surface area contributed by atoms with Gasteiger partial charge in [0.05, 0.1) is 0 Å². The second-order valence-corrected chi connectivity index (χ2v) is 2.28. The average molecular weight is 152 g/mol. The van der Waals surface area contributed by atoms with Gasteiger partial charge in [0.1, 0.15) is 0 Å². The maximum Gasteiger partial charge on any atom is 1.00 e. The van der Waals surface area contributed by atoms with Gasteiger partial charge in [0.15, 0.2) is 0 Å². The van der Waals surface area contributed by atoms with Crippen LogP contribution in [0.15, 0.2) is 0 Å². The minimum atomic E-state index is 0. The van der Waals surface area contributed by atoms with Gasteiger partial charge < -0.3 is 12.0 Å². The van der Waals surface area contributed by atoms with Crippen molar-refractivity contribution >= 4 is 0 Å². The summed E-state index contributed by atoms with van der Waals surface area (Å²) in [6.45, 7) is 8.20. The maximum atomic E-state index is 8.20. The molecule has 0 aromatic rings. The summed E-state index contributed by atoms with van der Waals surface area (Å²) in [5, 5.41) is 8.20. The number of aliphatic hydroxyl groups excluding tert-OH is 1. The number of hydrogen-bond acceptors (Lipinski definition) is 1. The van der Waals surface area contributed by atoms with Gasteiger partial charge >= 0.3 is 18.9 Å². The summed E-state index contributed by atoms with van der Waals surface area (Å²) in [6, 6.07) is 0. The zero-order valence-electron chi connectivity index (χ0n) is 8.40. The molecule has 0 aliphatic rings. The van der Waals surface area contributed by atoms with Gasteiger partial charge in [-0.15, -0.1) is 0 Å². The molecule has 0 amide bonds. The average Bonchev–Trinajstić information content (AvgIpc) is 2.01. The molecule has 0 fully saturated rings. The maximum absolute atomic E-state index is 8.20. The molecule has 0 saturated heterocycles. The van der Waals surface area contributed by atoms with Gasteiger partial charge in [-0.05, 0) is 6.42 Å². The molecule has 11 heavy (non-hydrogen) atoms. The third-order valence-electron chi connectivity index (χ3n) is 1.12. The van der Waals surface area contributed by atoms with Crippen LogP contribution < -0.4 is 18.9 Å². The third-order valence-corrected chi connectivity index (χ3v) is 1.12. The minimum absolute atomic E-state index is 0. The molecule has 0 aromatic carbocycles. The molecule has 0 unspecified atom stereocenters. The Hall–Kier alpha value is 0.557. The van der Waals surface area contributed by atoms with Gasteiger partial charge in [-0.2, -0.15) is 6.42 Å². The van der Waals surface area contributed by atoms with Crippen LogP contribution in [0.25, 0.3) is 0 Å². The van der Waals surface area contributed by atoms with Crippen molar-refractivity contribution in [3.05, 3.63) is 6.92 Å². The van der Waals surface area contributed by atoms with Crippen molar-refractivity contribution in [2.75, 3.05) is 6.61 Å². The molecule has 1 nitrogen and oxygen atoms in total. The van der Waals surface area contributed by atoms with Crippen LogP contribution in [0.2, 0.25) is 0 Å². The van der Waals surface area contributed by atoms with Gasteiger partial charge in [-0.1, -0.05) is 33.1 Å². The number of unbranched alkanes of at least 4 members (excludes halogenated alkanes) is 3. The molecule has 0 rings (SSSR count). The summed E-state index contributed by atoms with van der Waals surface area (Å²) < 4.78 is 0. The fourth-order valence-electron chi connectivity index (χ4n) is 0.362. The number of rotatable bonds is 4. The molecular formula is C9H21LiO. The molecule has 0 aliphatic heterocycles. The summed E-state index contributed by atoms with van der Waals surface area (Å²) in [4.78, 5) is 0. The van der Waals surface area contributed by atoms with E-state index in [-0.39, 0.29) is 18.9 Å². The summed E-state index contributed by atoms with van der Waals surface area (Å²) >= 11 is 0. The predicted octanol–water partition coefficient (Wildman–Crippen LogP) is -0.207. The Labute approximate surface area is 83.8 Å². The van der Waals surface area contributed by atoms with Gasteiger partial charge in [0.25, 0.3) is 0 Å². The van der Waals surface area contributed by atoms with E-state index in [1.54, 1.807) is 0 Å². The van der Waals surface area contributed by atoms with Crippen molar-refractivity contribution < 1.29 is 24.0 Å². The predicted molar refractivity (Wildman–Crippen MR) is 46.9 cm³/mol. The molecule has 0 atom stereocenters. The fraction of sp³-hybridized carbons (Fsp3) is 0.889. The van der Waals surface area contributed by atoms with Crippen LogP contribution in [0.3, 0.4) is 0 Å². The summed E-state index contributed by atoms with van der Waals surface area (Å²) in [6.07, 6.45) is 5.60. The Morgan fingerprint density at radius 2 is 1.55 bits per heavy atom. The largest absolute Gasteiger partial charge is 1.00 e. The first-order valence-corrected chi connectivity index (χ1v) is 4.23. The first-order chi connectivity index (χ1) is 4.83. The first-order valence-electron chi connectivity index (χ1n) is 4.23. The second-order valence-electron chi connectivity index (χ2n) is 2.28. The van der Waals surface area contributed by atoms with Crippen molar-refractivity contribution in [3.8, 4) is 0 Å². The Morgan fingerprint density at radius 3 is 1.64 bits per heavy atom. The van der Waals surface area contributed by atoms with Crippen LogP contribution in [-0.4, -0.2) is 11.7 Å². The van der Waals surface area contributed by atoms with E-state index in [2.05, 4.69) is 20.8 Å². The monoisotopic (exact) mass is 152 g/mol. The van der Waals surface area contributed by atoms with Crippen LogP contribution in [0.1, 0.15) is 46.0 Å². The van der Waals surface area contributed by atoms with Crippen molar-refractivity contribution in [1.29, 1.82) is 0 Å². The Bertz CT molecular complexity index is 34.5. The second kappa shape index (κ2) is 22.4. The molecule has 0 radical (unpaired) electrons. The van der Waals surface area contributed by atoms with Gasteiger partial charge in [-0.25, -0.2) is 0 Å². The zero-order valence-corrected chi connectivity index (χ0v) is 8.40. The molecular weight excluding hydrogens is 131 g/mol.